The van der Waals surface area contributed by atoms with Gasteiger partial charge < -0.3 is 19.5 Å². The fourth-order valence-corrected chi connectivity index (χ4v) is 3.44. The van der Waals surface area contributed by atoms with Crippen LogP contribution in [0.15, 0.2) is 12.1 Å². The van der Waals surface area contributed by atoms with E-state index in [-0.39, 0.29) is 5.91 Å². The highest BCUT2D eigenvalue weighted by atomic mass is 16.5. The summed E-state index contributed by atoms with van der Waals surface area (Å²) in [5.74, 6) is 1.31. The molecule has 0 saturated carbocycles. The molecule has 1 aromatic carbocycles. The second-order valence-electron chi connectivity index (χ2n) is 6.26. The van der Waals surface area contributed by atoms with Crippen LogP contribution in [0.4, 0.5) is 0 Å². The van der Waals surface area contributed by atoms with Crippen LogP contribution >= 0.6 is 0 Å². The normalized spacial score (nSPS) is 17.8. The number of carbonyl (C=O) groups is 1. The molecular formula is C19H30N2O4. The van der Waals surface area contributed by atoms with Gasteiger partial charge in [0.15, 0.2) is 11.5 Å². The Morgan fingerprint density at radius 2 is 1.84 bits per heavy atom. The number of amides is 1. The Labute approximate surface area is 150 Å². The molecule has 1 amide bonds. The number of hydrogen-bond acceptors (Lipinski definition) is 5. The maximum Gasteiger partial charge on any atom is 0.251 e. The third-order valence-electron chi connectivity index (χ3n) is 4.83. The monoisotopic (exact) mass is 350 g/mol. The molecular weight excluding hydrogens is 320 g/mol. The summed E-state index contributed by atoms with van der Waals surface area (Å²) in [4.78, 5) is 15.0. The van der Waals surface area contributed by atoms with E-state index in [2.05, 4.69) is 17.1 Å². The topological polar surface area (TPSA) is 60.0 Å². The van der Waals surface area contributed by atoms with Gasteiger partial charge in [0.1, 0.15) is 0 Å². The maximum absolute atomic E-state index is 12.5. The van der Waals surface area contributed by atoms with E-state index in [4.69, 9.17) is 14.2 Å². The van der Waals surface area contributed by atoms with Crippen molar-refractivity contribution in [2.45, 2.75) is 38.6 Å². The Kier molecular flexibility index (Phi) is 7.37. The summed E-state index contributed by atoms with van der Waals surface area (Å²) in [5, 5.41) is 3.00. The van der Waals surface area contributed by atoms with Crippen molar-refractivity contribution >= 4 is 5.91 Å². The predicted molar refractivity (Wildman–Crippen MR) is 97.9 cm³/mol. The van der Waals surface area contributed by atoms with Gasteiger partial charge >= 0.3 is 0 Å². The molecule has 0 bridgehead atoms. The quantitative estimate of drug-likeness (QED) is 0.781. The molecule has 1 heterocycles. The molecule has 6 nitrogen and oxygen atoms in total. The van der Waals surface area contributed by atoms with Crippen molar-refractivity contribution in [3.63, 3.8) is 0 Å². The fourth-order valence-electron chi connectivity index (χ4n) is 3.44. The van der Waals surface area contributed by atoms with Crippen LogP contribution in [0, 0.1) is 0 Å². The summed E-state index contributed by atoms with van der Waals surface area (Å²) in [6, 6.07) is 3.99. The van der Waals surface area contributed by atoms with Gasteiger partial charge in [-0.2, -0.15) is 0 Å². The lowest BCUT2D eigenvalue weighted by Crippen LogP contribution is -2.43. The number of nitrogens with one attached hydrogen (secondary N) is 1. The minimum Gasteiger partial charge on any atom is -0.493 e. The molecule has 1 saturated heterocycles. The van der Waals surface area contributed by atoms with Crippen LogP contribution in [0.2, 0.25) is 0 Å². The van der Waals surface area contributed by atoms with Crippen LogP contribution in [-0.4, -0.2) is 57.8 Å². The van der Waals surface area contributed by atoms with E-state index < -0.39 is 0 Å². The van der Waals surface area contributed by atoms with Gasteiger partial charge in [-0.25, -0.2) is 0 Å². The van der Waals surface area contributed by atoms with Gasteiger partial charge in [0.2, 0.25) is 5.75 Å². The number of carbonyl (C=O) groups excluding carboxylic acids is 1. The molecule has 1 fully saturated rings. The van der Waals surface area contributed by atoms with Crippen LogP contribution in [0.1, 0.15) is 43.0 Å². The second-order valence-corrected chi connectivity index (χ2v) is 6.26. The van der Waals surface area contributed by atoms with Crippen LogP contribution in [0.5, 0.6) is 17.2 Å². The summed E-state index contributed by atoms with van der Waals surface area (Å²) in [5.41, 5.74) is 0.500. The molecule has 2 rings (SSSR count). The van der Waals surface area contributed by atoms with Gasteiger partial charge in [-0.15, -0.1) is 0 Å². The Balaban J connectivity index is 1.98. The number of likely N-dealkylation sites (tertiary alicyclic amines) is 1. The van der Waals surface area contributed by atoms with E-state index in [9.17, 15) is 4.79 Å². The smallest absolute Gasteiger partial charge is 0.251 e. The van der Waals surface area contributed by atoms with Crippen molar-refractivity contribution in [3.8, 4) is 17.2 Å². The van der Waals surface area contributed by atoms with Crippen LogP contribution in [0.25, 0.3) is 0 Å². The number of benzene rings is 1. The van der Waals surface area contributed by atoms with Crippen molar-refractivity contribution in [1.82, 2.24) is 10.2 Å². The molecule has 1 unspecified atom stereocenters. The summed E-state index contributed by atoms with van der Waals surface area (Å²) in [7, 11) is 4.63. The minimum absolute atomic E-state index is 0.135. The zero-order chi connectivity index (χ0) is 18.2. The summed E-state index contributed by atoms with van der Waals surface area (Å²) < 4.78 is 15.9. The third-order valence-corrected chi connectivity index (χ3v) is 4.83. The van der Waals surface area contributed by atoms with Crippen LogP contribution in [-0.2, 0) is 0 Å². The molecule has 1 aliphatic rings. The number of rotatable bonds is 8. The van der Waals surface area contributed by atoms with Crippen molar-refractivity contribution < 1.29 is 19.0 Å². The lowest BCUT2D eigenvalue weighted by atomic mass is 10.0. The van der Waals surface area contributed by atoms with E-state index in [0.717, 1.165) is 13.1 Å². The van der Waals surface area contributed by atoms with E-state index in [1.165, 1.54) is 25.7 Å². The molecule has 0 aromatic heterocycles. The number of ether oxygens (including phenoxy) is 3. The third kappa shape index (κ3) is 4.78. The lowest BCUT2D eigenvalue weighted by Gasteiger charge is -2.35. The highest BCUT2D eigenvalue weighted by Crippen LogP contribution is 2.38. The van der Waals surface area contributed by atoms with E-state index in [1.807, 2.05) is 0 Å². The van der Waals surface area contributed by atoms with Gasteiger partial charge in [-0.1, -0.05) is 13.3 Å². The summed E-state index contributed by atoms with van der Waals surface area (Å²) in [6.45, 7) is 4.87. The number of hydrogen-bond donors (Lipinski definition) is 1. The minimum atomic E-state index is -0.135. The first-order chi connectivity index (χ1) is 12.1. The Hall–Kier alpha value is -1.95. The average Bonchev–Trinajstić information content (AvgIpc) is 2.66. The van der Waals surface area contributed by atoms with Crippen molar-refractivity contribution in [3.05, 3.63) is 17.7 Å². The Morgan fingerprint density at radius 3 is 2.40 bits per heavy atom. The average molecular weight is 350 g/mol. The molecule has 0 aliphatic carbocycles. The Bertz CT molecular complexity index is 552. The highest BCUT2D eigenvalue weighted by Gasteiger charge is 2.21. The molecule has 25 heavy (non-hydrogen) atoms. The molecule has 1 atom stereocenters. The van der Waals surface area contributed by atoms with Gasteiger partial charge in [0.25, 0.3) is 5.91 Å². The van der Waals surface area contributed by atoms with E-state index >= 15 is 0 Å². The highest BCUT2D eigenvalue weighted by molar-refractivity contribution is 5.95. The fraction of sp³-hybridized carbons (Fsp3) is 0.632. The first-order valence-corrected chi connectivity index (χ1v) is 8.96. The zero-order valence-electron chi connectivity index (χ0n) is 15.8. The predicted octanol–water partition coefficient (Wildman–Crippen LogP) is 2.71. The second kappa shape index (κ2) is 9.51. The summed E-state index contributed by atoms with van der Waals surface area (Å²) >= 11 is 0. The SMILES string of the molecule is CCC1CCCCN1CCNC(=O)c1cc(OC)c(OC)c(OC)c1. The molecule has 1 aliphatic heterocycles. The first-order valence-electron chi connectivity index (χ1n) is 8.96. The van der Waals surface area contributed by atoms with Gasteiger partial charge in [0, 0.05) is 24.7 Å². The first kappa shape index (κ1) is 19.4. The molecule has 6 heteroatoms. The van der Waals surface area contributed by atoms with Crippen molar-refractivity contribution in [1.29, 1.82) is 0 Å². The molecule has 0 radical (unpaired) electrons. The largest absolute Gasteiger partial charge is 0.493 e. The number of nitrogens with zero attached hydrogens (tertiary/aromatic N) is 1. The van der Waals surface area contributed by atoms with Gasteiger partial charge in [-0.05, 0) is 37.9 Å². The van der Waals surface area contributed by atoms with Crippen LogP contribution in [0.3, 0.4) is 0 Å². The summed E-state index contributed by atoms with van der Waals surface area (Å²) in [6.07, 6.45) is 4.99. The number of methoxy groups -OCH3 is 3. The van der Waals surface area contributed by atoms with Crippen LogP contribution < -0.4 is 19.5 Å². The standard InChI is InChI=1S/C19H30N2O4/c1-5-15-8-6-7-10-21(15)11-9-20-19(22)14-12-16(23-2)18(25-4)17(13-14)24-3/h12-13,15H,5-11H2,1-4H3,(H,20,22). The lowest BCUT2D eigenvalue weighted by molar-refractivity contribution is 0.0933. The van der Waals surface area contributed by atoms with Crippen molar-refractivity contribution in [2.75, 3.05) is 41.0 Å². The Morgan fingerprint density at radius 1 is 1.16 bits per heavy atom. The van der Waals surface area contributed by atoms with Crippen molar-refractivity contribution in [2.24, 2.45) is 0 Å². The zero-order valence-corrected chi connectivity index (χ0v) is 15.8. The molecule has 140 valence electrons. The van der Waals surface area contributed by atoms with E-state index in [0.29, 0.717) is 35.4 Å². The van der Waals surface area contributed by atoms with Gasteiger partial charge in [0.05, 0.1) is 21.3 Å². The van der Waals surface area contributed by atoms with Gasteiger partial charge in [-0.3, -0.25) is 9.69 Å². The number of piperidine rings is 1. The molecule has 0 spiro atoms. The van der Waals surface area contributed by atoms with E-state index in [1.54, 1.807) is 33.5 Å². The maximum atomic E-state index is 12.5. The molecule has 1 N–H and O–H groups in total. The molecule has 1 aromatic rings.